The Morgan fingerprint density at radius 2 is 2.16 bits per heavy atom. The summed E-state index contributed by atoms with van der Waals surface area (Å²) < 4.78 is 10.3. The van der Waals surface area contributed by atoms with Gasteiger partial charge < -0.3 is 14.6 Å². The Morgan fingerprint density at radius 1 is 1.32 bits per heavy atom. The highest BCUT2D eigenvalue weighted by molar-refractivity contribution is 6.33. The van der Waals surface area contributed by atoms with Gasteiger partial charge in [-0.1, -0.05) is 28.9 Å². The highest BCUT2D eigenvalue weighted by Gasteiger charge is 2.13. The lowest BCUT2D eigenvalue weighted by atomic mass is 10.2. The van der Waals surface area contributed by atoms with Crippen LogP contribution in [0.4, 0.5) is 11.4 Å². The van der Waals surface area contributed by atoms with E-state index in [0.29, 0.717) is 27.9 Å². The number of aromatic nitrogens is 2. The average molecular weight is 361 g/mol. The molecule has 0 aliphatic rings. The molecule has 1 aromatic heterocycles. The molecule has 0 unspecified atom stereocenters. The molecule has 128 valence electrons. The number of halogens is 1. The number of nitro groups is 1. The van der Waals surface area contributed by atoms with E-state index >= 15 is 0 Å². The highest BCUT2D eigenvalue weighted by Crippen LogP contribution is 2.27. The Kier molecular flexibility index (Phi) is 4.80. The molecule has 9 heteroatoms. The lowest BCUT2D eigenvalue weighted by Crippen LogP contribution is -2.00. The number of hydrogen-bond acceptors (Lipinski definition) is 7. The summed E-state index contributed by atoms with van der Waals surface area (Å²) in [6.07, 6.45) is 0. The second kappa shape index (κ2) is 7.18. The van der Waals surface area contributed by atoms with Crippen LogP contribution in [0.2, 0.25) is 5.02 Å². The number of benzene rings is 2. The molecule has 0 radical (unpaired) electrons. The molecule has 1 N–H and O–H groups in total. The van der Waals surface area contributed by atoms with Gasteiger partial charge in [0, 0.05) is 23.8 Å². The monoisotopic (exact) mass is 360 g/mol. The van der Waals surface area contributed by atoms with Crippen LogP contribution in [-0.2, 0) is 6.54 Å². The van der Waals surface area contributed by atoms with Crippen LogP contribution in [0, 0.1) is 10.1 Å². The minimum Gasteiger partial charge on any atom is -0.497 e. The molecular formula is C16H13ClN4O4. The number of non-ortho nitro benzene ring substituents is 1. The molecule has 3 aromatic rings. The molecule has 25 heavy (non-hydrogen) atoms. The first-order valence-electron chi connectivity index (χ1n) is 7.21. The zero-order valence-electron chi connectivity index (χ0n) is 13.1. The fourth-order valence-corrected chi connectivity index (χ4v) is 2.32. The van der Waals surface area contributed by atoms with Crippen molar-refractivity contribution >= 4 is 23.0 Å². The van der Waals surface area contributed by atoms with Crippen molar-refractivity contribution in [2.45, 2.75) is 6.54 Å². The number of rotatable bonds is 6. The van der Waals surface area contributed by atoms with Gasteiger partial charge in [0.15, 0.2) is 0 Å². The number of hydrogen-bond donors (Lipinski definition) is 1. The molecule has 0 saturated carbocycles. The van der Waals surface area contributed by atoms with E-state index in [2.05, 4.69) is 15.5 Å². The summed E-state index contributed by atoms with van der Waals surface area (Å²) in [5, 5.41) is 18.3. The van der Waals surface area contributed by atoms with Gasteiger partial charge >= 0.3 is 0 Å². The number of nitrogens with zero attached hydrogens (tertiary/aromatic N) is 3. The van der Waals surface area contributed by atoms with Gasteiger partial charge in [0.25, 0.3) is 5.69 Å². The van der Waals surface area contributed by atoms with Gasteiger partial charge in [-0.05, 0) is 12.1 Å². The number of ether oxygens (including phenoxy) is 1. The van der Waals surface area contributed by atoms with Crippen LogP contribution in [0.25, 0.3) is 11.4 Å². The van der Waals surface area contributed by atoms with Crippen molar-refractivity contribution in [2.75, 3.05) is 12.4 Å². The summed E-state index contributed by atoms with van der Waals surface area (Å²) in [6.45, 7) is 0.245. The first-order valence-corrected chi connectivity index (χ1v) is 7.59. The van der Waals surface area contributed by atoms with Gasteiger partial charge in [-0.3, -0.25) is 10.1 Å². The Labute approximate surface area is 147 Å². The molecule has 2 aromatic carbocycles. The molecule has 0 fully saturated rings. The van der Waals surface area contributed by atoms with Gasteiger partial charge in [-0.25, -0.2) is 0 Å². The average Bonchev–Trinajstić information content (AvgIpc) is 3.10. The van der Waals surface area contributed by atoms with E-state index in [4.69, 9.17) is 20.9 Å². The lowest BCUT2D eigenvalue weighted by Gasteiger charge is -2.08. The van der Waals surface area contributed by atoms with E-state index in [-0.39, 0.29) is 18.1 Å². The minimum atomic E-state index is -0.475. The number of methoxy groups -OCH3 is 1. The summed E-state index contributed by atoms with van der Waals surface area (Å²) in [5.41, 5.74) is 1.13. The van der Waals surface area contributed by atoms with Crippen LogP contribution >= 0.6 is 11.6 Å². The van der Waals surface area contributed by atoms with Gasteiger partial charge in [-0.15, -0.1) is 0 Å². The molecule has 0 spiro atoms. The van der Waals surface area contributed by atoms with E-state index in [1.54, 1.807) is 37.4 Å². The fraction of sp³-hybridized carbons (Fsp3) is 0.125. The first-order chi connectivity index (χ1) is 12.1. The fourth-order valence-electron chi connectivity index (χ4n) is 2.14. The summed E-state index contributed by atoms with van der Waals surface area (Å²) in [6, 6.07) is 11.2. The van der Waals surface area contributed by atoms with E-state index < -0.39 is 4.92 Å². The van der Waals surface area contributed by atoms with Crippen LogP contribution in [0.1, 0.15) is 5.89 Å². The quantitative estimate of drug-likeness (QED) is 0.524. The number of nitro benzene ring substituents is 1. The van der Waals surface area contributed by atoms with Crippen molar-refractivity contribution in [1.82, 2.24) is 10.1 Å². The largest absolute Gasteiger partial charge is 0.497 e. The number of nitrogens with one attached hydrogen (secondary N) is 1. The van der Waals surface area contributed by atoms with Crippen molar-refractivity contribution in [2.24, 2.45) is 0 Å². The van der Waals surface area contributed by atoms with Crippen LogP contribution in [0.3, 0.4) is 0 Å². The zero-order valence-corrected chi connectivity index (χ0v) is 13.9. The third kappa shape index (κ3) is 3.86. The zero-order chi connectivity index (χ0) is 17.8. The standard InChI is InChI=1S/C16H13ClN4O4/c1-24-12-5-6-13(17)14(8-12)18-9-15-19-16(20-25-15)10-3-2-4-11(7-10)21(22)23/h2-8,18H,9H2,1H3. The first kappa shape index (κ1) is 16.7. The predicted octanol–water partition coefficient (Wildman–Crippen LogP) is 3.92. The summed E-state index contributed by atoms with van der Waals surface area (Å²) in [5.74, 6) is 1.26. The Bertz CT molecular complexity index is 913. The Morgan fingerprint density at radius 3 is 2.92 bits per heavy atom. The maximum atomic E-state index is 10.8. The van der Waals surface area contributed by atoms with Crippen LogP contribution in [0.15, 0.2) is 47.0 Å². The molecule has 0 atom stereocenters. The third-order valence-corrected chi connectivity index (χ3v) is 3.72. The Hall–Kier alpha value is -3.13. The molecular weight excluding hydrogens is 348 g/mol. The van der Waals surface area contributed by atoms with Crippen molar-refractivity contribution in [1.29, 1.82) is 0 Å². The molecule has 0 amide bonds. The van der Waals surface area contributed by atoms with Crippen LogP contribution in [-0.4, -0.2) is 22.2 Å². The summed E-state index contributed by atoms with van der Waals surface area (Å²) >= 11 is 6.12. The van der Waals surface area contributed by atoms with E-state index in [1.165, 1.54) is 12.1 Å². The van der Waals surface area contributed by atoms with Crippen molar-refractivity contribution < 1.29 is 14.2 Å². The normalized spacial score (nSPS) is 10.5. The van der Waals surface area contributed by atoms with Crippen molar-refractivity contribution in [3.05, 3.63) is 63.5 Å². The molecule has 3 rings (SSSR count). The van der Waals surface area contributed by atoms with Crippen LogP contribution in [0.5, 0.6) is 5.75 Å². The molecule has 8 nitrogen and oxygen atoms in total. The van der Waals surface area contributed by atoms with Gasteiger partial charge in [0.1, 0.15) is 5.75 Å². The molecule has 1 heterocycles. The van der Waals surface area contributed by atoms with E-state index in [0.717, 1.165) is 0 Å². The SMILES string of the molecule is COc1ccc(Cl)c(NCc2nc(-c3cccc([N+](=O)[O-])c3)no2)c1. The van der Waals surface area contributed by atoms with E-state index in [9.17, 15) is 10.1 Å². The van der Waals surface area contributed by atoms with Crippen LogP contribution < -0.4 is 10.1 Å². The summed E-state index contributed by atoms with van der Waals surface area (Å²) in [7, 11) is 1.57. The molecule has 0 aliphatic heterocycles. The second-order valence-corrected chi connectivity index (χ2v) is 5.43. The molecule has 0 bridgehead atoms. The third-order valence-electron chi connectivity index (χ3n) is 3.39. The maximum Gasteiger partial charge on any atom is 0.270 e. The predicted molar refractivity (Wildman–Crippen MR) is 91.7 cm³/mol. The number of anilines is 1. The van der Waals surface area contributed by atoms with Gasteiger partial charge in [-0.2, -0.15) is 4.98 Å². The maximum absolute atomic E-state index is 10.8. The van der Waals surface area contributed by atoms with Gasteiger partial charge in [0.05, 0.1) is 29.3 Å². The lowest BCUT2D eigenvalue weighted by molar-refractivity contribution is -0.384. The summed E-state index contributed by atoms with van der Waals surface area (Å²) in [4.78, 5) is 14.6. The second-order valence-electron chi connectivity index (χ2n) is 5.02. The van der Waals surface area contributed by atoms with E-state index in [1.807, 2.05) is 0 Å². The molecule has 0 saturated heterocycles. The topological polar surface area (TPSA) is 103 Å². The molecule has 0 aliphatic carbocycles. The Balaban J connectivity index is 1.74. The van der Waals surface area contributed by atoms with Crippen molar-refractivity contribution in [3.63, 3.8) is 0 Å². The minimum absolute atomic E-state index is 0.0369. The highest BCUT2D eigenvalue weighted by atomic mass is 35.5. The van der Waals surface area contributed by atoms with Gasteiger partial charge in [0.2, 0.25) is 11.7 Å². The smallest absolute Gasteiger partial charge is 0.270 e. The van der Waals surface area contributed by atoms with Crippen molar-refractivity contribution in [3.8, 4) is 17.1 Å².